The topological polar surface area (TPSA) is 40.5 Å². The van der Waals surface area contributed by atoms with Crippen LogP contribution in [0.1, 0.15) is 5.56 Å². The van der Waals surface area contributed by atoms with E-state index in [1.165, 1.54) is 17.3 Å². The van der Waals surface area contributed by atoms with Crippen molar-refractivity contribution >= 4 is 35.8 Å². The number of hydrogen-bond acceptors (Lipinski definition) is 3. The molecule has 0 aromatic heterocycles. The lowest BCUT2D eigenvalue weighted by Gasteiger charge is -2.16. The summed E-state index contributed by atoms with van der Waals surface area (Å²) in [5.41, 5.74) is 2.30. The van der Waals surface area contributed by atoms with Gasteiger partial charge in [-0.25, -0.2) is 0 Å². The summed E-state index contributed by atoms with van der Waals surface area (Å²) in [4.78, 5) is 14.1. The highest BCUT2D eigenvalue weighted by Gasteiger charge is 2.29. The maximum absolute atomic E-state index is 10.9. The van der Waals surface area contributed by atoms with Crippen LogP contribution in [0.15, 0.2) is 23.1 Å². The van der Waals surface area contributed by atoms with Crippen molar-refractivity contribution in [2.24, 2.45) is 0 Å². The van der Waals surface area contributed by atoms with Crippen LogP contribution in [-0.4, -0.2) is 30.4 Å². The van der Waals surface area contributed by atoms with Gasteiger partial charge < -0.3 is 10.0 Å². The van der Waals surface area contributed by atoms with Gasteiger partial charge in [-0.05, 0) is 24.1 Å². The lowest BCUT2D eigenvalue weighted by atomic mass is 10.1. The molecule has 1 aromatic rings. The van der Waals surface area contributed by atoms with Crippen LogP contribution in [-0.2, 0) is 11.2 Å². The summed E-state index contributed by atoms with van der Waals surface area (Å²) < 4.78 is 0. The third-order valence-electron chi connectivity index (χ3n) is 2.52. The number of carboxylic acid groups (broad SMARTS) is 1. The highest BCUT2D eigenvalue weighted by molar-refractivity contribution is 8.01. The molecule has 1 atom stereocenters. The fourth-order valence-electron chi connectivity index (χ4n) is 1.81. The van der Waals surface area contributed by atoms with E-state index >= 15 is 0 Å². The van der Waals surface area contributed by atoms with Crippen LogP contribution in [0, 0.1) is 0 Å². The summed E-state index contributed by atoms with van der Waals surface area (Å²) in [5, 5.41) is 8.66. The Kier molecular flexibility index (Phi) is 4.10. The molecule has 3 nitrogen and oxygen atoms in total. The van der Waals surface area contributed by atoms with Crippen molar-refractivity contribution in [3.05, 3.63) is 23.8 Å². The van der Waals surface area contributed by atoms with Gasteiger partial charge in [-0.1, -0.05) is 6.07 Å². The van der Waals surface area contributed by atoms with E-state index in [-0.39, 0.29) is 17.7 Å². The second-order valence-electron chi connectivity index (χ2n) is 3.80. The summed E-state index contributed by atoms with van der Waals surface area (Å²) in [6.07, 6.45) is 0.629. The molecule has 1 heterocycles. The first-order valence-corrected chi connectivity index (χ1v) is 5.66. The second kappa shape index (κ2) is 4.97. The van der Waals surface area contributed by atoms with Gasteiger partial charge in [0.15, 0.2) is 0 Å². The van der Waals surface area contributed by atoms with Crippen molar-refractivity contribution in [2.45, 2.75) is 16.6 Å². The van der Waals surface area contributed by atoms with Crippen molar-refractivity contribution in [1.82, 2.24) is 0 Å². The molecule has 0 saturated heterocycles. The zero-order valence-electron chi connectivity index (χ0n) is 9.14. The minimum atomic E-state index is -0.721. The first kappa shape index (κ1) is 13.2. The SMILES string of the molecule is CN(C)c1cccc2c1CC(C(=O)O)S2.Cl. The highest BCUT2D eigenvalue weighted by Crippen LogP contribution is 2.41. The minimum absolute atomic E-state index is 0. The Balaban J connectivity index is 0.00000128. The Labute approximate surface area is 105 Å². The van der Waals surface area contributed by atoms with Crippen LogP contribution < -0.4 is 4.90 Å². The fourth-order valence-corrected chi connectivity index (χ4v) is 2.95. The Morgan fingerprint density at radius 2 is 2.19 bits per heavy atom. The maximum atomic E-state index is 10.9. The number of halogens is 1. The molecular formula is C11H14ClNO2S. The third-order valence-corrected chi connectivity index (χ3v) is 3.81. The standard InChI is InChI=1S/C11H13NO2S.ClH/c1-12(2)8-4-3-5-9-7(8)6-10(15-9)11(13)14;/h3-5,10H,6H2,1-2H3,(H,13,14);1H. The predicted molar refractivity (Wildman–Crippen MR) is 69.0 cm³/mol. The number of anilines is 1. The van der Waals surface area contributed by atoms with E-state index in [1.54, 1.807) is 0 Å². The predicted octanol–water partition coefficient (Wildman–Crippen LogP) is 2.28. The lowest BCUT2D eigenvalue weighted by Crippen LogP contribution is -2.16. The first-order chi connectivity index (χ1) is 7.09. The molecule has 5 heteroatoms. The number of fused-ring (bicyclic) bond motifs is 1. The Bertz CT molecular complexity index is 409. The number of nitrogens with zero attached hydrogens (tertiary/aromatic N) is 1. The molecular weight excluding hydrogens is 246 g/mol. The van der Waals surface area contributed by atoms with Crippen molar-refractivity contribution < 1.29 is 9.90 Å². The van der Waals surface area contributed by atoms with Crippen LogP contribution >= 0.6 is 24.2 Å². The molecule has 0 amide bonds. The molecule has 0 spiro atoms. The van der Waals surface area contributed by atoms with Crippen LogP contribution in [0.3, 0.4) is 0 Å². The van der Waals surface area contributed by atoms with E-state index in [1.807, 2.05) is 37.2 Å². The van der Waals surface area contributed by atoms with Gasteiger partial charge in [-0.3, -0.25) is 4.79 Å². The maximum Gasteiger partial charge on any atom is 0.317 e. The van der Waals surface area contributed by atoms with Crippen LogP contribution in [0.25, 0.3) is 0 Å². The van der Waals surface area contributed by atoms with E-state index in [0.717, 1.165) is 10.6 Å². The summed E-state index contributed by atoms with van der Waals surface area (Å²) in [5.74, 6) is -0.721. The fraction of sp³-hybridized carbons (Fsp3) is 0.364. The van der Waals surface area contributed by atoms with Crippen molar-refractivity contribution in [3.8, 4) is 0 Å². The van der Waals surface area contributed by atoms with Gasteiger partial charge in [-0.2, -0.15) is 0 Å². The Morgan fingerprint density at radius 1 is 1.50 bits per heavy atom. The average molecular weight is 260 g/mol. The molecule has 0 fully saturated rings. The number of benzene rings is 1. The van der Waals surface area contributed by atoms with E-state index in [9.17, 15) is 4.79 Å². The normalized spacial score (nSPS) is 17.5. The number of aliphatic carboxylic acids is 1. The number of carbonyl (C=O) groups is 1. The van der Waals surface area contributed by atoms with E-state index in [0.29, 0.717) is 6.42 Å². The molecule has 88 valence electrons. The Hall–Kier alpha value is -0.870. The summed E-state index contributed by atoms with van der Waals surface area (Å²) in [6.45, 7) is 0. The number of hydrogen-bond donors (Lipinski definition) is 1. The third kappa shape index (κ3) is 2.28. The van der Waals surface area contributed by atoms with E-state index in [4.69, 9.17) is 5.11 Å². The molecule has 0 radical (unpaired) electrons. The summed E-state index contributed by atoms with van der Waals surface area (Å²) >= 11 is 1.45. The van der Waals surface area contributed by atoms with Gasteiger partial charge in [-0.15, -0.1) is 24.2 Å². The van der Waals surface area contributed by atoms with E-state index in [2.05, 4.69) is 0 Å². The molecule has 0 bridgehead atoms. The summed E-state index contributed by atoms with van der Waals surface area (Å²) in [7, 11) is 3.96. The second-order valence-corrected chi connectivity index (χ2v) is 5.04. The van der Waals surface area contributed by atoms with Crippen molar-refractivity contribution in [2.75, 3.05) is 19.0 Å². The Morgan fingerprint density at radius 3 is 2.75 bits per heavy atom. The molecule has 2 rings (SSSR count). The first-order valence-electron chi connectivity index (χ1n) is 4.78. The molecule has 1 aromatic carbocycles. The smallest absolute Gasteiger partial charge is 0.317 e. The number of thioether (sulfide) groups is 1. The molecule has 1 aliphatic rings. The van der Waals surface area contributed by atoms with Crippen molar-refractivity contribution in [1.29, 1.82) is 0 Å². The zero-order valence-corrected chi connectivity index (χ0v) is 10.8. The minimum Gasteiger partial charge on any atom is -0.480 e. The molecule has 16 heavy (non-hydrogen) atoms. The molecule has 1 unspecified atom stereocenters. The number of rotatable bonds is 2. The van der Waals surface area contributed by atoms with Crippen LogP contribution in [0.2, 0.25) is 0 Å². The van der Waals surface area contributed by atoms with Crippen molar-refractivity contribution in [3.63, 3.8) is 0 Å². The van der Waals surface area contributed by atoms with Crippen LogP contribution in [0.4, 0.5) is 5.69 Å². The zero-order chi connectivity index (χ0) is 11.0. The van der Waals surface area contributed by atoms with Gasteiger partial charge in [0.05, 0.1) is 0 Å². The monoisotopic (exact) mass is 259 g/mol. The van der Waals surface area contributed by atoms with Gasteiger partial charge >= 0.3 is 5.97 Å². The summed E-state index contributed by atoms with van der Waals surface area (Å²) in [6, 6.07) is 6.00. The van der Waals surface area contributed by atoms with Gasteiger partial charge in [0.1, 0.15) is 5.25 Å². The van der Waals surface area contributed by atoms with E-state index < -0.39 is 5.97 Å². The largest absolute Gasteiger partial charge is 0.480 e. The van der Waals surface area contributed by atoms with Gasteiger partial charge in [0.2, 0.25) is 0 Å². The van der Waals surface area contributed by atoms with Gasteiger partial charge in [0.25, 0.3) is 0 Å². The number of carboxylic acids is 1. The highest BCUT2D eigenvalue weighted by atomic mass is 35.5. The molecule has 1 aliphatic heterocycles. The van der Waals surface area contributed by atoms with Gasteiger partial charge in [0, 0.05) is 24.7 Å². The molecule has 0 aliphatic carbocycles. The lowest BCUT2D eigenvalue weighted by molar-refractivity contribution is -0.136. The molecule has 1 N–H and O–H groups in total. The molecule has 0 saturated carbocycles. The quantitative estimate of drug-likeness (QED) is 0.885. The van der Waals surface area contributed by atoms with Crippen LogP contribution in [0.5, 0.6) is 0 Å². The average Bonchev–Trinajstić information content (AvgIpc) is 2.60.